The van der Waals surface area contributed by atoms with Crippen molar-refractivity contribution in [3.8, 4) is 5.75 Å². The number of amides is 1. The molecule has 26 heavy (non-hydrogen) atoms. The van der Waals surface area contributed by atoms with Crippen LogP contribution < -0.4 is 10.6 Å². The number of anilines is 1. The number of nitrogens with one attached hydrogen (secondary N) is 2. The van der Waals surface area contributed by atoms with Gasteiger partial charge < -0.3 is 20.6 Å². The van der Waals surface area contributed by atoms with Crippen molar-refractivity contribution < 1.29 is 24.9 Å². The van der Waals surface area contributed by atoms with Crippen LogP contribution in [0.4, 0.5) is 10.5 Å². The lowest BCUT2D eigenvalue weighted by molar-refractivity contribution is 0.0972. The number of ketones is 1. The molecule has 0 aliphatic carbocycles. The Morgan fingerprint density at radius 3 is 2.23 bits per heavy atom. The fourth-order valence-corrected chi connectivity index (χ4v) is 2.49. The van der Waals surface area contributed by atoms with Crippen molar-refractivity contribution in [3.63, 3.8) is 0 Å². The Morgan fingerprint density at radius 1 is 1.04 bits per heavy atom. The molecule has 0 spiro atoms. The summed E-state index contributed by atoms with van der Waals surface area (Å²) in [4.78, 5) is 22.7. The number of carbonyl (C=O) groups excluding carboxylic acids is 1. The highest BCUT2D eigenvalue weighted by Crippen LogP contribution is 2.19. The quantitative estimate of drug-likeness (QED) is 0.463. The molecule has 0 heterocycles. The minimum Gasteiger partial charge on any atom is -0.508 e. The Bertz CT molecular complexity index is 744. The predicted octanol–water partition coefficient (Wildman–Crippen LogP) is 2.77. The summed E-state index contributed by atoms with van der Waals surface area (Å²) in [6.45, 7) is 2.21. The summed E-state index contributed by atoms with van der Waals surface area (Å²) in [5.74, 6) is 0.0578. The average molecular weight is 358 g/mol. The first kappa shape index (κ1) is 19.4. The Balaban J connectivity index is 1.81. The molecule has 138 valence electrons. The second-order valence-electron chi connectivity index (χ2n) is 5.96. The number of carbonyl (C=O) groups is 2. The molecule has 2 atom stereocenters. The molecular formula is C19H22N2O5. The van der Waals surface area contributed by atoms with E-state index in [9.17, 15) is 19.8 Å². The molecule has 0 saturated heterocycles. The summed E-state index contributed by atoms with van der Waals surface area (Å²) in [5.41, 5.74) is 1.57. The maximum absolute atomic E-state index is 12.2. The average Bonchev–Trinajstić information content (AvgIpc) is 2.61. The van der Waals surface area contributed by atoms with Gasteiger partial charge in [-0.2, -0.15) is 0 Å². The third-order valence-corrected chi connectivity index (χ3v) is 3.98. The van der Waals surface area contributed by atoms with Gasteiger partial charge in [-0.25, -0.2) is 4.79 Å². The van der Waals surface area contributed by atoms with Gasteiger partial charge in [-0.1, -0.05) is 12.1 Å². The first-order valence-corrected chi connectivity index (χ1v) is 8.20. The maximum atomic E-state index is 12.2. The van der Waals surface area contributed by atoms with Gasteiger partial charge in [0.25, 0.3) is 0 Å². The van der Waals surface area contributed by atoms with Crippen LogP contribution >= 0.6 is 0 Å². The number of rotatable bonds is 8. The molecule has 0 radical (unpaired) electrons. The zero-order valence-corrected chi connectivity index (χ0v) is 14.3. The number of Topliss-reactive ketones (excluding diaryl/α,β-unsaturated/α-hetero) is 1. The summed E-state index contributed by atoms with van der Waals surface area (Å²) in [6.07, 6.45) is -1.67. The van der Waals surface area contributed by atoms with Crippen molar-refractivity contribution in [1.29, 1.82) is 0 Å². The molecule has 2 rings (SSSR count). The fraction of sp³-hybridized carbons (Fsp3) is 0.263. The largest absolute Gasteiger partial charge is 0.508 e. The summed E-state index contributed by atoms with van der Waals surface area (Å²) in [5, 5.41) is 33.5. The van der Waals surface area contributed by atoms with E-state index in [1.807, 2.05) is 6.92 Å². The highest BCUT2D eigenvalue weighted by atomic mass is 16.4. The molecule has 2 aromatic rings. The van der Waals surface area contributed by atoms with Crippen LogP contribution in [0.25, 0.3) is 0 Å². The lowest BCUT2D eigenvalue weighted by Gasteiger charge is -2.20. The summed E-state index contributed by atoms with van der Waals surface area (Å²) in [7, 11) is 0. The number of phenols is 1. The van der Waals surface area contributed by atoms with Crippen LogP contribution in [0.15, 0.2) is 48.5 Å². The zero-order chi connectivity index (χ0) is 19.1. The van der Waals surface area contributed by atoms with Crippen molar-refractivity contribution in [1.82, 2.24) is 5.32 Å². The van der Waals surface area contributed by atoms with E-state index in [1.54, 1.807) is 24.3 Å². The number of aliphatic hydroxyl groups is 1. The molecule has 2 aromatic carbocycles. The molecule has 7 heteroatoms. The highest BCUT2D eigenvalue weighted by Gasteiger charge is 2.16. The second kappa shape index (κ2) is 8.98. The van der Waals surface area contributed by atoms with E-state index in [0.717, 1.165) is 0 Å². The van der Waals surface area contributed by atoms with Crippen LogP contribution in [0, 0.1) is 0 Å². The standard InChI is InChI=1S/C19H22N2O5/c1-12(18(24)14-4-8-16(22)9-5-14)20-11-10-17(23)13-2-6-15(7-3-13)21-19(25)26/h2-9,12,18,20-22,24H,10-11H2,1H3,(H,25,26). The molecule has 2 unspecified atom stereocenters. The van der Waals surface area contributed by atoms with Gasteiger partial charge in [-0.15, -0.1) is 0 Å². The smallest absolute Gasteiger partial charge is 0.409 e. The van der Waals surface area contributed by atoms with E-state index < -0.39 is 12.2 Å². The fourth-order valence-electron chi connectivity index (χ4n) is 2.49. The number of phenolic OH excluding ortho intramolecular Hbond substituents is 1. The van der Waals surface area contributed by atoms with Crippen molar-refractivity contribution >= 4 is 17.6 Å². The van der Waals surface area contributed by atoms with Gasteiger partial charge in [-0.3, -0.25) is 10.1 Å². The zero-order valence-electron chi connectivity index (χ0n) is 14.3. The molecule has 0 bridgehead atoms. The van der Waals surface area contributed by atoms with E-state index in [2.05, 4.69) is 10.6 Å². The van der Waals surface area contributed by atoms with E-state index in [1.165, 1.54) is 24.3 Å². The van der Waals surface area contributed by atoms with Gasteiger partial charge in [0.1, 0.15) is 5.75 Å². The number of hydrogen-bond acceptors (Lipinski definition) is 5. The van der Waals surface area contributed by atoms with E-state index in [0.29, 0.717) is 23.4 Å². The van der Waals surface area contributed by atoms with Crippen LogP contribution in [0.1, 0.15) is 35.4 Å². The number of benzene rings is 2. The van der Waals surface area contributed by atoms with Gasteiger partial charge >= 0.3 is 6.09 Å². The minimum absolute atomic E-state index is 0.0781. The van der Waals surface area contributed by atoms with Crippen LogP contribution in [0.5, 0.6) is 5.75 Å². The van der Waals surface area contributed by atoms with Crippen molar-refractivity contribution in [2.45, 2.75) is 25.5 Å². The monoisotopic (exact) mass is 358 g/mol. The summed E-state index contributed by atoms with van der Waals surface area (Å²) >= 11 is 0. The van der Waals surface area contributed by atoms with Crippen LogP contribution in [0.2, 0.25) is 0 Å². The molecule has 5 N–H and O–H groups in total. The number of aromatic hydroxyl groups is 1. The predicted molar refractivity (Wildman–Crippen MR) is 97.6 cm³/mol. The number of carboxylic acid groups (broad SMARTS) is 1. The van der Waals surface area contributed by atoms with Crippen molar-refractivity contribution in [2.75, 3.05) is 11.9 Å². The van der Waals surface area contributed by atoms with Crippen LogP contribution in [-0.4, -0.2) is 39.8 Å². The molecular weight excluding hydrogens is 336 g/mol. The first-order valence-electron chi connectivity index (χ1n) is 8.20. The molecule has 0 saturated carbocycles. The topological polar surface area (TPSA) is 119 Å². The molecule has 0 aromatic heterocycles. The summed E-state index contributed by atoms with van der Waals surface area (Å²) in [6, 6.07) is 12.3. The lowest BCUT2D eigenvalue weighted by Crippen LogP contribution is -2.33. The second-order valence-corrected chi connectivity index (χ2v) is 5.96. The SMILES string of the molecule is CC(NCCC(=O)c1ccc(NC(=O)O)cc1)C(O)c1ccc(O)cc1. The molecule has 0 aliphatic rings. The van der Waals surface area contributed by atoms with Crippen molar-refractivity contribution in [2.24, 2.45) is 0 Å². The van der Waals surface area contributed by atoms with E-state index in [4.69, 9.17) is 5.11 Å². The highest BCUT2D eigenvalue weighted by molar-refractivity contribution is 5.96. The Morgan fingerprint density at radius 2 is 1.65 bits per heavy atom. The third kappa shape index (κ3) is 5.58. The number of hydrogen-bond donors (Lipinski definition) is 5. The first-order chi connectivity index (χ1) is 12.4. The summed E-state index contributed by atoms with van der Waals surface area (Å²) < 4.78 is 0. The van der Waals surface area contributed by atoms with E-state index in [-0.39, 0.29) is 24.0 Å². The Hall–Kier alpha value is -2.90. The van der Waals surface area contributed by atoms with Crippen LogP contribution in [0.3, 0.4) is 0 Å². The third-order valence-electron chi connectivity index (χ3n) is 3.98. The Kier molecular flexibility index (Phi) is 6.71. The lowest BCUT2D eigenvalue weighted by atomic mass is 10.0. The molecule has 7 nitrogen and oxygen atoms in total. The molecule has 0 aliphatic heterocycles. The van der Waals surface area contributed by atoms with Gasteiger partial charge in [-0.05, 0) is 48.9 Å². The normalized spacial score (nSPS) is 13.0. The minimum atomic E-state index is -1.16. The van der Waals surface area contributed by atoms with E-state index >= 15 is 0 Å². The number of aliphatic hydroxyl groups excluding tert-OH is 1. The molecule has 1 amide bonds. The maximum Gasteiger partial charge on any atom is 0.409 e. The van der Waals surface area contributed by atoms with Crippen LogP contribution in [-0.2, 0) is 0 Å². The van der Waals surface area contributed by atoms with Gasteiger partial charge in [0.2, 0.25) is 0 Å². The Labute approximate surface area is 151 Å². The van der Waals surface area contributed by atoms with Gasteiger partial charge in [0, 0.05) is 30.3 Å². The van der Waals surface area contributed by atoms with Gasteiger partial charge in [0.15, 0.2) is 5.78 Å². The van der Waals surface area contributed by atoms with Gasteiger partial charge in [0.05, 0.1) is 6.10 Å². The van der Waals surface area contributed by atoms with Crippen molar-refractivity contribution in [3.05, 3.63) is 59.7 Å². The molecule has 0 fully saturated rings.